The van der Waals surface area contributed by atoms with Gasteiger partial charge >= 0.3 is 0 Å². The van der Waals surface area contributed by atoms with Gasteiger partial charge in [0.25, 0.3) is 0 Å². The first-order valence-electron chi connectivity index (χ1n) is 5.23. The van der Waals surface area contributed by atoms with Crippen molar-refractivity contribution in [3.05, 3.63) is 35.6 Å². The molecule has 3 unspecified atom stereocenters. The molecule has 0 aliphatic carbocycles. The van der Waals surface area contributed by atoms with Gasteiger partial charge in [0, 0.05) is 6.61 Å². The molecule has 1 N–H and O–H groups in total. The number of aliphatic hydroxyl groups is 1. The van der Waals surface area contributed by atoms with Crippen molar-refractivity contribution >= 4 is 0 Å². The summed E-state index contributed by atoms with van der Waals surface area (Å²) in [6, 6.07) is 6.06. The van der Waals surface area contributed by atoms with Crippen molar-refractivity contribution in [1.82, 2.24) is 0 Å². The maximum Gasteiger partial charge on any atom is 0.123 e. The SMILES string of the molecule is CC1CCOC1C(O)c1cccc(F)c1. The van der Waals surface area contributed by atoms with Crippen LogP contribution in [0, 0.1) is 11.7 Å². The van der Waals surface area contributed by atoms with Crippen LogP contribution in [0.25, 0.3) is 0 Å². The monoisotopic (exact) mass is 210 g/mol. The zero-order valence-electron chi connectivity index (χ0n) is 8.69. The van der Waals surface area contributed by atoms with Gasteiger partial charge in [0.1, 0.15) is 11.9 Å². The van der Waals surface area contributed by atoms with Crippen LogP contribution in [-0.4, -0.2) is 17.8 Å². The van der Waals surface area contributed by atoms with Crippen molar-refractivity contribution in [2.75, 3.05) is 6.61 Å². The molecule has 0 bridgehead atoms. The van der Waals surface area contributed by atoms with Crippen LogP contribution in [0.4, 0.5) is 4.39 Å². The van der Waals surface area contributed by atoms with Gasteiger partial charge in [-0.25, -0.2) is 4.39 Å². The predicted molar refractivity (Wildman–Crippen MR) is 54.9 cm³/mol. The molecular weight excluding hydrogens is 195 g/mol. The molecule has 1 fully saturated rings. The fraction of sp³-hybridized carbons (Fsp3) is 0.500. The highest BCUT2D eigenvalue weighted by atomic mass is 19.1. The van der Waals surface area contributed by atoms with E-state index < -0.39 is 6.10 Å². The van der Waals surface area contributed by atoms with E-state index in [4.69, 9.17) is 4.74 Å². The third-order valence-corrected chi connectivity index (χ3v) is 2.95. The minimum Gasteiger partial charge on any atom is -0.386 e. The third-order valence-electron chi connectivity index (χ3n) is 2.95. The van der Waals surface area contributed by atoms with E-state index in [0.717, 1.165) is 6.42 Å². The number of hydrogen-bond donors (Lipinski definition) is 1. The number of hydrogen-bond acceptors (Lipinski definition) is 2. The van der Waals surface area contributed by atoms with Crippen molar-refractivity contribution < 1.29 is 14.2 Å². The molecular formula is C12H15FO2. The Hall–Kier alpha value is -0.930. The maximum absolute atomic E-state index is 13.0. The normalized spacial score (nSPS) is 27.9. The van der Waals surface area contributed by atoms with Gasteiger partial charge in [-0.15, -0.1) is 0 Å². The lowest BCUT2D eigenvalue weighted by Gasteiger charge is -2.21. The van der Waals surface area contributed by atoms with E-state index in [1.54, 1.807) is 12.1 Å². The summed E-state index contributed by atoms with van der Waals surface area (Å²) in [4.78, 5) is 0. The average Bonchev–Trinajstić information content (AvgIpc) is 2.63. The molecule has 0 saturated carbocycles. The molecule has 0 radical (unpaired) electrons. The van der Waals surface area contributed by atoms with E-state index in [1.165, 1.54) is 12.1 Å². The number of halogens is 1. The van der Waals surface area contributed by atoms with E-state index in [0.29, 0.717) is 18.1 Å². The highest BCUT2D eigenvalue weighted by molar-refractivity contribution is 5.20. The second-order valence-electron chi connectivity index (χ2n) is 4.10. The van der Waals surface area contributed by atoms with Crippen molar-refractivity contribution in [2.24, 2.45) is 5.92 Å². The Bertz CT molecular complexity index is 340. The van der Waals surface area contributed by atoms with Crippen molar-refractivity contribution in [3.63, 3.8) is 0 Å². The molecule has 3 atom stereocenters. The summed E-state index contributed by atoms with van der Waals surface area (Å²) in [6.07, 6.45) is 0.0295. The van der Waals surface area contributed by atoms with Crippen LogP contribution in [0.15, 0.2) is 24.3 Å². The molecule has 1 aliphatic heterocycles. The van der Waals surface area contributed by atoms with Gasteiger partial charge in [-0.1, -0.05) is 19.1 Å². The maximum atomic E-state index is 13.0. The molecule has 3 heteroatoms. The van der Waals surface area contributed by atoms with E-state index in [1.807, 2.05) is 6.92 Å². The van der Waals surface area contributed by atoms with Crippen LogP contribution < -0.4 is 0 Å². The van der Waals surface area contributed by atoms with Crippen LogP contribution in [0.5, 0.6) is 0 Å². The average molecular weight is 210 g/mol. The highest BCUT2D eigenvalue weighted by Crippen LogP contribution is 2.31. The molecule has 15 heavy (non-hydrogen) atoms. The van der Waals surface area contributed by atoms with Gasteiger partial charge in [0.05, 0.1) is 6.10 Å². The molecule has 1 aliphatic rings. The molecule has 82 valence electrons. The quantitative estimate of drug-likeness (QED) is 0.811. The summed E-state index contributed by atoms with van der Waals surface area (Å²) in [5.41, 5.74) is 0.591. The Labute approximate surface area is 88.7 Å². The topological polar surface area (TPSA) is 29.5 Å². The van der Waals surface area contributed by atoms with Gasteiger partial charge in [-0.05, 0) is 30.0 Å². The Morgan fingerprint density at radius 2 is 2.33 bits per heavy atom. The predicted octanol–water partition coefficient (Wildman–Crippen LogP) is 2.28. The highest BCUT2D eigenvalue weighted by Gasteiger charge is 2.31. The first-order chi connectivity index (χ1) is 7.18. The Kier molecular flexibility index (Phi) is 3.03. The Morgan fingerprint density at radius 1 is 1.53 bits per heavy atom. The van der Waals surface area contributed by atoms with E-state index in [-0.39, 0.29) is 11.9 Å². The molecule has 1 saturated heterocycles. The molecule has 2 rings (SSSR count). The van der Waals surface area contributed by atoms with Gasteiger partial charge in [-0.2, -0.15) is 0 Å². The number of rotatable bonds is 2. The summed E-state index contributed by atoms with van der Waals surface area (Å²) in [5, 5.41) is 10.0. The number of benzene rings is 1. The third kappa shape index (κ3) is 2.19. The van der Waals surface area contributed by atoms with Crippen molar-refractivity contribution in [2.45, 2.75) is 25.6 Å². The molecule has 0 amide bonds. The fourth-order valence-electron chi connectivity index (χ4n) is 2.00. The zero-order valence-corrected chi connectivity index (χ0v) is 8.69. The molecule has 0 spiro atoms. The van der Waals surface area contributed by atoms with Gasteiger partial charge in [0.2, 0.25) is 0 Å². The minimum atomic E-state index is -0.724. The second kappa shape index (κ2) is 4.29. The van der Waals surface area contributed by atoms with Crippen LogP contribution >= 0.6 is 0 Å². The lowest BCUT2D eigenvalue weighted by atomic mass is 9.95. The molecule has 1 aromatic carbocycles. The van der Waals surface area contributed by atoms with E-state index in [9.17, 15) is 9.50 Å². The molecule has 2 nitrogen and oxygen atoms in total. The van der Waals surface area contributed by atoms with Gasteiger partial charge in [-0.3, -0.25) is 0 Å². The second-order valence-corrected chi connectivity index (χ2v) is 4.10. The van der Waals surface area contributed by atoms with Crippen LogP contribution in [-0.2, 0) is 4.74 Å². The summed E-state index contributed by atoms with van der Waals surface area (Å²) in [7, 11) is 0. The van der Waals surface area contributed by atoms with Crippen LogP contribution in [0.2, 0.25) is 0 Å². The van der Waals surface area contributed by atoms with Crippen molar-refractivity contribution in [1.29, 1.82) is 0 Å². The first kappa shape index (κ1) is 10.6. The standard InChI is InChI=1S/C12H15FO2/c1-8-5-6-15-12(8)11(14)9-3-2-4-10(13)7-9/h2-4,7-8,11-12,14H,5-6H2,1H3. The smallest absolute Gasteiger partial charge is 0.123 e. The number of aliphatic hydroxyl groups excluding tert-OH is 1. The van der Waals surface area contributed by atoms with E-state index >= 15 is 0 Å². The lowest BCUT2D eigenvalue weighted by molar-refractivity contribution is -0.0179. The lowest BCUT2D eigenvalue weighted by Crippen LogP contribution is -2.23. The number of ether oxygens (including phenoxy) is 1. The minimum absolute atomic E-state index is 0.202. The van der Waals surface area contributed by atoms with Crippen LogP contribution in [0.3, 0.4) is 0 Å². The summed E-state index contributed by atoms with van der Waals surface area (Å²) < 4.78 is 18.4. The molecule has 1 aromatic rings. The van der Waals surface area contributed by atoms with Crippen molar-refractivity contribution in [3.8, 4) is 0 Å². The largest absolute Gasteiger partial charge is 0.386 e. The fourth-order valence-corrected chi connectivity index (χ4v) is 2.00. The summed E-state index contributed by atoms with van der Waals surface area (Å²) >= 11 is 0. The van der Waals surface area contributed by atoms with E-state index in [2.05, 4.69) is 0 Å². The Morgan fingerprint density at radius 3 is 2.93 bits per heavy atom. The molecule has 1 heterocycles. The van der Waals surface area contributed by atoms with Gasteiger partial charge in [0.15, 0.2) is 0 Å². The molecule has 0 aromatic heterocycles. The summed E-state index contributed by atoms with van der Waals surface area (Å²) in [5.74, 6) is 0.000433. The zero-order chi connectivity index (χ0) is 10.8. The first-order valence-corrected chi connectivity index (χ1v) is 5.23. The Balaban J connectivity index is 2.16. The van der Waals surface area contributed by atoms with Gasteiger partial charge < -0.3 is 9.84 Å². The van der Waals surface area contributed by atoms with Crippen LogP contribution in [0.1, 0.15) is 25.0 Å². The summed E-state index contributed by atoms with van der Waals surface area (Å²) in [6.45, 7) is 2.72.